The maximum atomic E-state index is 5.04. The maximum Gasteiger partial charge on any atom is 0.202 e. The summed E-state index contributed by atoms with van der Waals surface area (Å²) in [5, 5.41) is 5.26. The smallest absolute Gasteiger partial charge is 0.202 e. The second kappa shape index (κ2) is 7.31. The van der Waals surface area contributed by atoms with Gasteiger partial charge in [0.15, 0.2) is 0 Å². The Morgan fingerprint density at radius 1 is 1.50 bits per heavy atom. The number of methoxy groups -OCH3 is 1. The molecule has 0 radical (unpaired) electrons. The monoisotopic (exact) mass is 287 g/mol. The number of hydrogen-bond donors (Lipinski definition) is 1. The molecule has 1 aromatic rings. The molecule has 2 atom stereocenters. The highest BCUT2D eigenvalue weighted by Gasteiger charge is 2.27. The summed E-state index contributed by atoms with van der Waals surface area (Å²) in [7, 11) is 1.70. The summed E-state index contributed by atoms with van der Waals surface area (Å²) in [4.78, 5) is 4.51. The van der Waals surface area contributed by atoms with Gasteiger partial charge in [0.1, 0.15) is 5.82 Å². The summed E-state index contributed by atoms with van der Waals surface area (Å²) >= 11 is 3.53. The van der Waals surface area contributed by atoms with Crippen LogP contribution in [0.1, 0.15) is 32.0 Å². The summed E-state index contributed by atoms with van der Waals surface area (Å²) < 4.78 is 9.39. The molecule has 18 heavy (non-hydrogen) atoms. The first-order valence-corrected chi connectivity index (χ1v) is 8.35. The fourth-order valence-electron chi connectivity index (χ4n) is 2.27. The summed E-state index contributed by atoms with van der Waals surface area (Å²) in [6.07, 6.45) is 4.70. The lowest BCUT2D eigenvalue weighted by Gasteiger charge is -2.19. The Bertz CT molecular complexity index is 359. The van der Waals surface area contributed by atoms with Gasteiger partial charge < -0.3 is 10.1 Å². The van der Waals surface area contributed by atoms with Crippen LogP contribution in [0.3, 0.4) is 0 Å². The van der Waals surface area contributed by atoms with Gasteiger partial charge in [-0.25, -0.2) is 4.98 Å². The number of anilines is 1. The van der Waals surface area contributed by atoms with E-state index in [4.69, 9.17) is 4.74 Å². The number of rotatable bonds is 7. The maximum absolute atomic E-state index is 5.04. The van der Waals surface area contributed by atoms with Crippen molar-refractivity contribution in [1.29, 1.82) is 0 Å². The first-order chi connectivity index (χ1) is 8.83. The molecule has 1 aromatic heterocycles. The van der Waals surface area contributed by atoms with Crippen molar-refractivity contribution in [3.05, 3.63) is 5.82 Å². The minimum atomic E-state index is 0.568. The number of aromatic nitrogens is 2. The molecular formula is C12H21N3OS2. The highest BCUT2D eigenvalue weighted by Crippen LogP contribution is 2.32. The van der Waals surface area contributed by atoms with Crippen LogP contribution in [0.4, 0.5) is 5.13 Å². The largest absolute Gasteiger partial charge is 0.384 e. The third-order valence-electron chi connectivity index (χ3n) is 3.14. The van der Waals surface area contributed by atoms with Crippen molar-refractivity contribution in [3.63, 3.8) is 0 Å². The minimum absolute atomic E-state index is 0.568. The Morgan fingerprint density at radius 2 is 2.39 bits per heavy atom. The molecule has 1 N–H and O–H groups in total. The van der Waals surface area contributed by atoms with Crippen molar-refractivity contribution < 1.29 is 4.74 Å². The van der Waals surface area contributed by atoms with Crippen molar-refractivity contribution in [1.82, 2.24) is 9.36 Å². The molecule has 1 aliphatic carbocycles. The van der Waals surface area contributed by atoms with Crippen LogP contribution in [0.5, 0.6) is 0 Å². The highest BCUT2D eigenvalue weighted by molar-refractivity contribution is 7.99. The molecule has 0 aliphatic heterocycles. The molecule has 0 aromatic carbocycles. The highest BCUT2D eigenvalue weighted by atomic mass is 32.2. The molecule has 4 nitrogen and oxygen atoms in total. The predicted octanol–water partition coefficient (Wildman–Crippen LogP) is 2.81. The molecule has 0 bridgehead atoms. The van der Waals surface area contributed by atoms with Gasteiger partial charge in [-0.05, 0) is 18.6 Å². The summed E-state index contributed by atoms with van der Waals surface area (Å²) in [5.41, 5.74) is 0. The SMILES string of the molecule is CCSC1CCCC1Nc1nc(CCOC)ns1. The Hall–Kier alpha value is -0.330. The van der Waals surface area contributed by atoms with Gasteiger partial charge in [-0.15, -0.1) is 0 Å². The van der Waals surface area contributed by atoms with Gasteiger partial charge >= 0.3 is 0 Å². The van der Waals surface area contributed by atoms with E-state index in [1.165, 1.54) is 36.5 Å². The molecule has 0 spiro atoms. The van der Waals surface area contributed by atoms with Gasteiger partial charge in [0.2, 0.25) is 5.13 Å². The van der Waals surface area contributed by atoms with Crippen LogP contribution in [0, 0.1) is 0 Å². The molecular weight excluding hydrogens is 266 g/mol. The minimum Gasteiger partial charge on any atom is -0.384 e. The molecule has 0 saturated heterocycles. The van der Waals surface area contributed by atoms with E-state index in [0.29, 0.717) is 12.6 Å². The first kappa shape index (κ1) is 14.1. The summed E-state index contributed by atoms with van der Waals surface area (Å²) in [6, 6.07) is 0.568. The standard InChI is InChI=1S/C12H21N3OS2/c1-3-17-10-6-4-5-9(10)13-12-14-11(15-18-12)7-8-16-2/h9-10H,3-8H2,1-2H3,(H,13,14,15). The lowest BCUT2D eigenvalue weighted by Crippen LogP contribution is -2.26. The van der Waals surface area contributed by atoms with Crippen molar-refractivity contribution >= 4 is 28.4 Å². The molecule has 1 aliphatic rings. The van der Waals surface area contributed by atoms with Crippen molar-refractivity contribution in [2.75, 3.05) is 24.8 Å². The molecule has 2 unspecified atom stereocenters. The second-order valence-electron chi connectivity index (χ2n) is 4.43. The van der Waals surface area contributed by atoms with Crippen molar-refractivity contribution in [2.24, 2.45) is 0 Å². The van der Waals surface area contributed by atoms with Gasteiger partial charge in [-0.3, -0.25) is 0 Å². The molecule has 0 amide bonds. The van der Waals surface area contributed by atoms with Gasteiger partial charge in [-0.1, -0.05) is 13.3 Å². The van der Waals surface area contributed by atoms with E-state index >= 15 is 0 Å². The van der Waals surface area contributed by atoms with Gasteiger partial charge in [0.05, 0.1) is 6.61 Å². The van der Waals surface area contributed by atoms with Crippen molar-refractivity contribution in [3.8, 4) is 0 Å². The van der Waals surface area contributed by atoms with Crippen LogP contribution in [-0.4, -0.2) is 40.1 Å². The average Bonchev–Trinajstić information content (AvgIpc) is 2.98. The lowest BCUT2D eigenvalue weighted by molar-refractivity contribution is 0.201. The number of ether oxygens (including phenoxy) is 1. The van der Waals surface area contributed by atoms with Gasteiger partial charge in [0, 0.05) is 36.4 Å². The van der Waals surface area contributed by atoms with E-state index in [9.17, 15) is 0 Å². The lowest BCUT2D eigenvalue weighted by atomic mass is 10.2. The zero-order valence-electron chi connectivity index (χ0n) is 11.0. The van der Waals surface area contributed by atoms with Crippen LogP contribution in [0.15, 0.2) is 0 Å². The second-order valence-corrected chi connectivity index (χ2v) is 6.70. The Morgan fingerprint density at radius 3 is 3.17 bits per heavy atom. The van der Waals surface area contributed by atoms with E-state index in [2.05, 4.69) is 33.4 Å². The van der Waals surface area contributed by atoms with Crippen LogP contribution < -0.4 is 5.32 Å². The predicted molar refractivity (Wildman–Crippen MR) is 78.7 cm³/mol. The van der Waals surface area contributed by atoms with E-state index in [0.717, 1.165) is 22.6 Å². The Kier molecular flexibility index (Phi) is 5.72. The third kappa shape index (κ3) is 3.83. The summed E-state index contributed by atoms with van der Waals surface area (Å²) in [5.74, 6) is 2.08. The van der Waals surface area contributed by atoms with Crippen LogP contribution in [0.25, 0.3) is 0 Å². The van der Waals surface area contributed by atoms with Crippen molar-refractivity contribution in [2.45, 2.75) is 43.9 Å². The van der Waals surface area contributed by atoms with E-state index in [1.807, 2.05) is 0 Å². The first-order valence-electron chi connectivity index (χ1n) is 6.53. The fourth-order valence-corrected chi connectivity index (χ4v) is 4.14. The molecule has 102 valence electrons. The van der Waals surface area contributed by atoms with E-state index < -0.39 is 0 Å². The molecule has 2 rings (SSSR count). The number of nitrogens with one attached hydrogen (secondary N) is 1. The molecule has 1 heterocycles. The van der Waals surface area contributed by atoms with Crippen LogP contribution in [-0.2, 0) is 11.2 Å². The zero-order valence-corrected chi connectivity index (χ0v) is 12.6. The quantitative estimate of drug-likeness (QED) is 0.835. The fraction of sp³-hybridized carbons (Fsp3) is 0.833. The molecule has 6 heteroatoms. The van der Waals surface area contributed by atoms with Gasteiger partial charge in [0.25, 0.3) is 0 Å². The summed E-state index contributed by atoms with van der Waals surface area (Å²) in [6.45, 7) is 2.92. The van der Waals surface area contributed by atoms with Gasteiger partial charge in [-0.2, -0.15) is 16.1 Å². The molecule has 1 fully saturated rings. The van der Waals surface area contributed by atoms with Crippen LogP contribution >= 0.6 is 23.3 Å². The number of hydrogen-bond acceptors (Lipinski definition) is 6. The van der Waals surface area contributed by atoms with E-state index in [1.54, 1.807) is 7.11 Å². The van der Waals surface area contributed by atoms with E-state index in [-0.39, 0.29) is 0 Å². The molecule has 1 saturated carbocycles. The van der Waals surface area contributed by atoms with Crippen LogP contribution in [0.2, 0.25) is 0 Å². The Balaban J connectivity index is 1.86. The number of thioether (sulfide) groups is 1. The number of nitrogens with zero attached hydrogens (tertiary/aromatic N) is 2. The average molecular weight is 287 g/mol. The Labute approximate surface area is 117 Å². The zero-order chi connectivity index (χ0) is 12.8. The topological polar surface area (TPSA) is 47.0 Å². The normalized spacial score (nSPS) is 23.4. The third-order valence-corrected chi connectivity index (χ3v) is 5.15.